The molecule has 4 nitrogen and oxygen atoms in total. The second-order valence-electron chi connectivity index (χ2n) is 3.21. The average Bonchev–Trinajstić information content (AvgIpc) is 2.32. The van der Waals surface area contributed by atoms with Gasteiger partial charge in [0.15, 0.2) is 5.69 Å². The molecule has 0 spiro atoms. The van der Waals surface area contributed by atoms with Gasteiger partial charge >= 0.3 is 5.97 Å². The van der Waals surface area contributed by atoms with Crippen LogP contribution in [0.1, 0.15) is 10.5 Å². The second-order valence-corrected chi connectivity index (χ2v) is 3.62. The SMILES string of the molecule is O=C(O)c1cc(Oc2ccccc2Cl)ccn1. The van der Waals surface area contributed by atoms with Crippen LogP contribution >= 0.6 is 11.6 Å². The van der Waals surface area contributed by atoms with Gasteiger partial charge in [-0.1, -0.05) is 23.7 Å². The normalized spacial score (nSPS) is 9.94. The molecule has 1 heterocycles. The van der Waals surface area contributed by atoms with Crippen molar-refractivity contribution >= 4 is 17.6 Å². The molecule has 0 saturated heterocycles. The van der Waals surface area contributed by atoms with Crippen LogP contribution in [0, 0.1) is 0 Å². The zero-order chi connectivity index (χ0) is 12.3. The van der Waals surface area contributed by atoms with Crippen molar-refractivity contribution < 1.29 is 14.6 Å². The number of carbonyl (C=O) groups is 1. The minimum absolute atomic E-state index is 0.0745. The summed E-state index contributed by atoms with van der Waals surface area (Å²) in [7, 11) is 0. The van der Waals surface area contributed by atoms with Crippen molar-refractivity contribution in [2.24, 2.45) is 0 Å². The Morgan fingerprint density at radius 3 is 2.76 bits per heavy atom. The molecule has 1 aromatic carbocycles. The van der Waals surface area contributed by atoms with Gasteiger partial charge in [-0.3, -0.25) is 0 Å². The van der Waals surface area contributed by atoms with Gasteiger partial charge < -0.3 is 9.84 Å². The number of carboxylic acids is 1. The fourth-order valence-corrected chi connectivity index (χ4v) is 1.42. The van der Waals surface area contributed by atoms with Gasteiger partial charge in [-0.25, -0.2) is 9.78 Å². The quantitative estimate of drug-likeness (QED) is 0.907. The van der Waals surface area contributed by atoms with E-state index >= 15 is 0 Å². The number of para-hydroxylation sites is 1. The minimum atomic E-state index is -1.10. The van der Waals surface area contributed by atoms with Crippen molar-refractivity contribution in [3.8, 4) is 11.5 Å². The minimum Gasteiger partial charge on any atom is -0.477 e. The van der Waals surface area contributed by atoms with Gasteiger partial charge in [0.25, 0.3) is 0 Å². The van der Waals surface area contributed by atoms with Gasteiger partial charge in [-0.15, -0.1) is 0 Å². The maximum absolute atomic E-state index is 10.7. The second kappa shape index (κ2) is 4.84. The van der Waals surface area contributed by atoms with Crippen LogP contribution in [0.3, 0.4) is 0 Å². The Balaban J connectivity index is 2.28. The number of hydrogen-bond acceptors (Lipinski definition) is 3. The molecule has 0 radical (unpaired) electrons. The summed E-state index contributed by atoms with van der Waals surface area (Å²) in [6, 6.07) is 9.85. The number of nitrogens with zero attached hydrogens (tertiary/aromatic N) is 1. The largest absolute Gasteiger partial charge is 0.477 e. The van der Waals surface area contributed by atoms with Crippen molar-refractivity contribution in [2.75, 3.05) is 0 Å². The molecule has 1 aromatic heterocycles. The van der Waals surface area contributed by atoms with E-state index in [-0.39, 0.29) is 5.69 Å². The lowest BCUT2D eigenvalue weighted by Gasteiger charge is -2.07. The smallest absolute Gasteiger partial charge is 0.354 e. The predicted octanol–water partition coefficient (Wildman–Crippen LogP) is 3.23. The van der Waals surface area contributed by atoms with E-state index in [4.69, 9.17) is 21.4 Å². The van der Waals surface area contributed by atoms with Crippen LogP contribution in [0.5, 0.6) is 11.5 Å². The molecule has 1 N–H and O–H groups in total. The summed E-state index contributed by atoms with van der Waals surface area (Å²) in [6.45, 7) is 0. The molecule has 0 saturated carbocycles. The number of benzene rings is 1. The van der Waals surface area contributed by atoms with E-state index in [9.17, 15) is 4.79 Å². The third-order valence-electron chi connectivity index (χ3n) is 2.01. The molecule has 86 valence electrons. The lowest BCUT2D eigenvalue weighted by molar-refractivity contribution is 0.0690. The molecule has 0 atom stereocenters. The Kier molecular flexibility index (Phi) is 3.25. The first-order valence-electron chi connectivity index (χ1n) is 4.78. The highest BCUT2D eigenvalue weighted by Gasteiger charge is 2.07. The Labute approximate surface area is 102 Å². The Bertz CT molecular complexity index is 557. The third-order valence-corrected chi connectivity index (χ3v) is 2.33. The number of halogens is 1. The van der Waals surface area contributed by atoms with Crippen LogP contribution in [0.4, 0.5) is 0 Å². The van der Waals surface area contributed by atoms with Crippen molar-refractivity contribution in [1.29, 1.82) is 0 Å². The van der Waals surface area contributed by atoms with Crippen molar-refractivity contribution in [3.05, 3.63) is 53.3 Å². The molecular weight excluding hydrogens is 242 g/mol. The van der Waals surface area contributed by atoms with E-state index in [0.717, 1.165) is 0 Å². The topological polar surface area (TPSA) is 59.4 Å². The number of pyridine rings is 1. The molecule has 0 unspecified atom stereocenters. The van der Waals surface area contributed by atoms with Crippen LogP contribution in [0.25, 0.3) is 0 Å². The van der Waals surface area contributed by atoms with Crippen LogP contribution in [-0.2, 0) is 0 Å². The maximum Gasteiger partial charge on any atom is 0.354 e. The summed E-state index contributed by atoms with van der Waals surface area (Å²) in [5.74, 6) is -0.253. The van der Waals surface area contributed by atoms with Gasteiger partial charge in [-0.05, 0) is 18.2 Å². The van der Waals surface area contributed by atoms with E-state index in [1.165, 1.54) is 12.3 Å². The lowest BCUT2D eigenvalue weighted by atomic mass is 10.3. The number of rotatable bonds is 3. The summed E-state index contributed by atoms with van der Waals surface area (Å²) in [5.41, 5.74) is -0.0745. The number of ether oxygens (including phenoxy) is 1. The van der Waals surface area contributed by atoms with E-state index in [1.807, 2.05) is 0 Å². The van der Waals surface area contributed by atoms with Crippen LogP contribution in [0.2, 0.25) is 5.02 Å². The molecule has 0 amide bonds. The van der Waals surface area contributed by atoms with E-state index in [1.54, 1.807) is 30.3 Å². The number of carboxylic acid groups (broad SMARTS) is 1. The van der Waals surface area contributed by atoms with E-state index < -0.39 is 5.97 Å². The summed E-state index contributed by atoms with van der Waals surface area (Å²) in [4.78, 5) is 14.4. The number of aromatic nitrogens is 1. The van der Waals surface area contributed by atoms with E-state index in [2.05, 4.69) is 4.98 Å². The highest BCUT2D eigenvalue weighted by molar-refractivity contribution is 6.32. The fourth-order valence-electron chi connectivity index (χ4n) is 1.25. The van der Waals surface area contributed by atoms with Gasteiger partial charge in [-0.2, -0.15) is 0 Å². The first-order chi connectivity index (χ1) is 8.16. The molecule has 0 fully saturated rings. The molecule has 0 aliphatic heterocycles. The predicted molar refractivity (Wildman–Crippen MR) is 62.7 cm³/mol. The van der Waals surface area contributed by atoms with Crippen molar-refractivity contribution in [3.63, 3.8) is 0 Å². The first-order valence-corrected chi connectivity index (χ1v) is 5.16. The summed E-state index contributed by atoms with van der Waals surface area (Å²) in [5, 5.41) is 9.25. The van der Waals surface area contributed by atoms with Gasteiger partial charge in [0.2, 0.25) is 0 Å². The fraction of sp³-hybridized carbons (Fsp3) is 0. The lowest BCUT2D eigenvalue weighted by Crippen LogP contribution is -1.99. The zero-order valence-corrected chi connectivity index (χ0v) is 9.39. The Hall–Kier alpha value is -2.07. The van der Waals surface area contributed by atoms with Crippen LogP contribution in [0.15, 0.2) is 42.6 Å². The van der Waals surface area contributed by atoms with Crippen LogP contribution < -0.4 is 4.74 Å². The van der Waals surface area contributed by atoms with Crippen molar-refractivity contribution in [1.82, 2.24) is 4.98 Å². The van der Waals surface area contributed by atoms with Crippen molar-refractivity contribution in [2.45, 2.75) is 0 Å². The molecule has 0 aliphatic rings. The van der Waals surface area contributed by atoms with E-state index in [0.29, 0.717) is 16.5 Å². The summed E-state index contributed by atoms with van der Waals surface area (Å²) in [6.07, 6.45) is 1.37. The van der Waals surface area contributed by atoms with Gasteiger partial charge in [0.1, 0.15) is 11.5 Å². The Morgan fingerprint density at radius 2 is 2.06 bits per heavy atom. The molecule has 5 heteroatoms. The van der Waals surface area contributed by atoms with Crippen LogP contribution in [-0.4, -0.2) is 16.1 Å². The standard InChI is InChI=1S/C12H8ClNO3/c13-9-3-1-2-4-11(9)17-8-5-6-14-10(7-8)12(15)16/h1-7H,(H,15,16). The maximum atomic E-state index is 10.7. The third kappa shape index (κ3) is 2.73. The molecule has 2 rings (SSSR count). The molecule has 0 aliphatic carbocycles. The number of hydrogen-bond donors (Lipinski definition) is 1. The molecule has 17 heavy (non-hydrogen) atoms. The zero-order valence-electron chi connectivity index (χ0n) is 8.63. The summed E-state index contributed by atoms with van der Waals surface area (Å²) >= 11 is 5.92. The highest BCUT2D eigenvalue weighted by Crippen LogP contribution is 2.28. The summed E-state index contributed by atoms with van der Waals surface area (Å²) < 4.78 is 5.46. The van der Waals surface area contributed by atoms with Gasteiger partial charge in [0.05, 0.1) is 5.02 Å². The first kappa shape index (κ1) is 11.4. The van der Waals surface area contributed by atoms with Gasteiger partial charge in [0, 0.05) is 12.3 Å². The highest BCUT2D eigenvalue weighted by atomic mass is 35.5. The number of aromatic carboxylic acids is 1. The average molecular weight is 250 g/mol. The molecule has 2 aromatic rings. The molecule has 0 bridgehead atoms. The monoisotopic (exact) mass is 249 g/mol. The Morgan fingerprint density at radius 1 is 1.29 bits per heavy atom. The molecular formula is C12H8ClNO3.